The molecule has 1 aliphatic heterocycles. The number of carboxylic acid groups (broad SMARTS) is 1. The van der Waals surface area contributed by atoms with E-state index in [1.54, 1.807) is 12.1 Å². The van der Waals surface area contributed by atoms with Gasteiger partial charge in [-0.25, -0.2) is 4.79 Å². The summed E-state index contributed by atoms with van der Waals surface area (Å²) in [7, 11) is 1.49. The van der Waals surface area contributed by atoms with E-state index in [0.29, 0.717) is 18.3 Å². The minimum Gasteiger partial charge on any atom is -0.496 e. The average Bonchev–Trinajstić information content (AvgIpc) is 2.55. The normalized spacial score (nSPS) is 19.1. The molecule has 122 valence electrons. The maximum absolute atomic E-state index is 11.2. The zero-order valence-corrected chi connectivity index (χ0v) is 13.5. The molecule has 0 saturated carbocycles. The molecule has 22 heavy (non-hydrogen) atoms. The van der Waals surface area contributed by atoms with Crippen LogP contribution in [0.25, 0.3) is 0 Å². The number of rotatable bonds is 7. The Morgan fingerprint density at radius 1 is 1.45 bits per heavy atom. The monoisotopic (exact) mass is 306 g/mol. The van der Waals surface area contributed by atoms with Gasteiger partial charge in [-0.2, -0.15) is 0 Å². The SMILES string of the molecule is CCN1CCCCC1CNCc1ccc(OC)c(C(=O)O)c1. The highest BCUT2D eigenvalue weighted by Gasteiger charge is 2.20. The topological polar surface area (TPSA) is 61.8 Å². The van der Waals surface area contributed by atoms with E-state index in [4.69, 9.17) is 4.74 Å². The van der Waals surface area contributed by atoms with Crippen LogP contribution in [-0.2, 0) is 6.54 Å². The van der Waals surface area contributed by atoms with E-state index in [1.165, 1.54) is 32.9 Å². The van der Waals surface area contributed by atoms with Gasteiger partial charge in [0.05, 0.1) is 7.11 Å². The minimum atomic E-state index is -0.955. The predicted octanol–water partition coefficient (Wildman–Crippen LogP) is 2.36. The van der Waals surface area contributed by atoms with Crippen molar-refractivity contribution in [3.8, 4) is 5.75 Å². The lowest BCUT2D eigenvalue weighted by atomic mass is 10.0. The Hall–Kier alpha value is -1.59. The number of hydrogen-bond donors (Lipinski definition) is 2. The first-order valence-corrected chi connectivity index (χ1v) is 8.00. The second kappa shape index (κ2) is 8.15. The summed E-state index contributed by atoms with van der Waals surface area (Å²) in [6.45, 7) is 6.12. The van der Waals surface area contributed by atoms with Crippen LogP contribution < -0.4 is 10.1 Å². The smallest absolute Gasteiger partial charge is 0.339 e. The second-order valence-corrected chi connectivity index (χ2v) is 5.75. The summed E-state index contributed by atoms with van der Waals surface area (Å²) in [5.41, 5.74) is 1.19. The van der Waals surface area contributed by atoms with E-state index in [1.807, 2.05) is 6.07 Å². The molecule has 1 heterocycles. The van der Waals surface area contributed by atoms with E-state index < -0.39 is 5.97 Å². The maximum atomic E-state index is 11.2. The maximum Gasteiger partial charge on any atom is 0.339 e. The number of piperidine rings is 1. The van der Waals surface area contributed by atoms with Gasteiger partial charge in [0.25, 0.3) is 0 Å². The van der Waals surface area contributed by atoms with Gasteiger partial charge in [0.1, 0.15) is 11.3 Å². The highest BCUT2D eigenvalue weighted by molar-refractivity contribution is 5.91. The van der Waals surface area contributed by atoms with Gasteiger partial charge in [0.2, 0.25) is 0 Å². The van der Waals surface area contributed by atoms with Gasteiger partial charge in [-0.15, -0.1) is 0 Å². The van der Waals surface area contributed by atoms with Crippen LogP contribution in [0.4, 0.5) is 0 Å². The molecule has 5 heteroatoms. The molecule has 1 saturated heterocycles. The van der Waals surface area contributed by atoms with Crippen molar-refractivity contribution in [1.82, 2.24) is 10.2 Å². The Labute approximate surface area is 132 Å². The molecule has 1 aliphatic rings. The van der Waals surface area contributed by atoms with Crippen LogP contribution in [0.2, 0.25) is 0 Å². The zero-order chi connectivity index (χ0) is 15.9. The fourth-order valence-electron chi connectivity index (χ4n) is 3.12. The van der Waals surface area contributed by atoms with Crippen molar-refractivity contribution >= 4 is 5.97 Å². The van der Waals surface area contributed by atoms with Gasteiger partial charge in [-0.3, -0.25) is 4.90 Å². The van der Waals surface area contributed by atoms with E-state index >= 15 is 0 Å². The number of aromatic carboxylic acids is 1. The summed E-state index contributed by atoms with van der Waals surface area (Å²) < 4.78 is 5.08. The predicted molar refractivity (Wildman–Crippen MR) is 86.5 cm³/mol. The van der Waals surface area contributed by atoms with E-state index in [-0.39, 0.29) is 5.56 Å². The third-order valence-electron chi connectivity index (χ3n) is 4.36. The van der Waals surface area contributed by atoms with Crippen LogP contribution >= 0.6 is 0 Å². The third-order valence-corrected chi connectivity index (χ3v) is 4.36. The highest BCUT2D eigenvalue weighted by atomic mass is 16.5. The number of hydrogen-bond acceptors (Lipinski definition) is 4. The fourth-order valence-corrected chi connectivity index (χ4v) is 3.12. The molecule has 2 rings (SSSR count). The quantitative estimate of drug-likeness (QED) is 0.810. The molecular weight excluding hydrogens is 280 g/mol. The first-order chi connectivity index (χ1) is 10.7. The molecule has 2 N–H and O–H groups in total. The number of ether oxygens (including phenoxy) is 1. The van der Waals surface area contributed by atoms with Crippen molar-refractivity contribution in [3.05, 3.63) is 29.3 Å². The molecule has 1 fully saturated rings. The van der Waals surface area contributed by atoms with E-state index in [2.05, 4.69) is 17.1 Å². The summed E-state index contributed by atoms with van der Waals surface area (Å²) in [5, 5.41) is 12.7. The molecule has 0 radical (unpaired) electrons. The number of carboxylic acids is 1. The fraction of sp³-hybridized carbons (Fsp3) is 0.588. The van der Waals surface area contributed by atoms with Crippen molar-refractivity contribution in [3.63, 3.8) is 0 Å². The van der Waals surface area contributed by atoms with Gasteiger partial charge < -0.3 is 15.2 Å². The minimum absolute atomic E-state index is 0.217. The average molecular weight is 306 g/mol. The number of methoxy groups -OCH3 is 1. The standard InChI is InChI=1S/C17H26N2O3/c1-3-19-9-5-4-6-14(19)12-18-11-13-7-8-16(22-2)15(10-13)17(20)21/h7-8,10,14,18H,3-6,9,11-12H2,1-2H3,(H,20,21). The molecule has 0 amide bonds. The van der Waals surface area contributed by atoms with Gasteiger partial charge in [0.15, 0.2) is 0 Å². The number of likely N-dealkylation sites (N-methyl/N-ethyl adjacent to an activating group) is 1. The molecule has 5 nitrogen and oxygen atoms in total. The molecule has 1 aromatic carbocycles. The molecule has 1 unspecified atom stereocenters. The molecule has 0 spiro atoms. The van der Waals surface area contributed by atoms with Crippen LogP contribution in [0.15, 0.2) is 18.2 Å². The molecular formula is C17H26N2O3. The molecule has 1 aromatic rings. The number of benzene rings is 1. The lowest BCUT2D eigenvalue weighted by Crippen LogP contribution is -2.45. The van der Waals surface area contributed by atoms with Crippen molar-refractivity contribution in [2.75, 3.05) is 26.7 Å². The molecule has 0 bridgehead atoms. The van der Waals surface area contributed by atoms with Crippen LogP contribution in [0.5, 0.6) is 5.75 Å². The van der Waals surface area contributed by atoms with Crippen molar-refractivity contribution in [2.24, 2.45) is 0 Å². The van der Waals surface area contributed by atoms with Crippen LogP contribution in [0.1, 0.15) is 42.1 Å². The Balaban J connectivity index is 1.91. The third kappa shape index (κ3) is 4.21. The highest BCUT2D eigenvalue weighted by Crippen LogP contribution is 2.20. The zero-order valence-electron chi connectivity index (χ0n) is 13.5. The number of carbonyl (C=O) groups is 1. The first kappa shape index (κ1) is 16.8. The second-order valence-electron chi connectivity index (χ2n) is 5.75. The summed E-state index contributed by atoms with van der Waals surface area (Å²) in [5.74, 6) is -0.552. The number of likely N-dealkylation sites (tertiary alicyclic amines) is 1. The Kier molecular flexibility index (Phi) is 6.21. The van der Waals surface area contributed by atoms with Crippen molar-refractivity contribution < 1.29 is 14.6 Å². The number of nitrogens with zero attached hydrogens (tertiary/aromatic N) is 1. The van der Waals surface area contributed by atoms with Crippen LogP contribution in [0, 0.1) is 0 Å². The van der Waals surface area contributed by atoms with Gasteiger partial charge >= 0.3 is 5.97 Å². The summed E-state index contributed by atoms with van der Waals surface area (Å²) in [6.07, 6.45) is 3.84. The number of nitrogens with one attached hydrogen (secondary N) is 1. The van der Waals surface area contributed by atoms with Crippen LogP contribution in [-0.4, -0.2) is 48.8 Å². The van der Waals surface area contributed by atoms with Crippen molar-refractivity contribution in [1.29, 1.82) is 0 Å². The molecule has 0 aliphatic carbocycles. The Bertz CT molecular complexity index is 505. The van der Waals surface area contributed by atoms with Gasteiger partial charge in [-0.1, -0.05) is 19.4 Å². The molecule has 1 atom stereocenters. The summed E-state index contributed by atoms with van der Waals surface area (Å²) >= 11 is 0. The largest absolute Gasteiger partial charge is 0.496 e. The van der Waals surface area contributed by atoms with Crippen LogP contribution in [0.3, 0.4) is 0 Å². The van der Waals surface area contributed by atoms with Gasteiger partial charge in [0, 0.05) is 19.1 Å². The Morgan fingerprint density at radius 3 is 2.95 bits per heavy atom. The lowest BCUT2D eigenvalue weighted by Gasteiger charge is -2.35. The first-order valence-electron chi connectivity index (χ1n) is 8.00. The van der Waals surface area contributed by atoms with E-state index in [9.17, 15) is 9.90 Å². The van der Waals surface area contributed by atoms with Crippen molar-refractivity contribution in [2.45, 2.75) is 38.8 Å². The summed E-state index contributed by atoms with van der Waals surface area (Å²) in [6, 6.07) is 5.92. The molecule has 0 aromatic heterocycles. The van der Waals surface area contributed by atoms with E-state index in [0.717, 1.165) is 18.7 Å². The Morgan fingerprint density at radius 2 is 2.27 bits per heavy atom. The lowest BCUT2D eigenvalue weighted by molar-refractivity contribution is 0.0693. The van der Waals surface area contributed by atoms with Gasteiger partial charge in [-0.05, 0) is 43.6 Å². The summed E-state index contributed by atoms with van der Waals surface area (Å²) in [4.78, 5) is 13.7.